The molecule has 2 aromatic heterocycles. The van der Waals surface area contributed by atoms with E-state index in [9.17, 15) is 14.7 Å². The zero-order chi connectivity index (χ0) is 29.6. The van der Waals surface area contributed by atoms with Crippen LogP contribution < -0.4 is 14.4 Å². The summed E-state index contributed by atoms with van der Waals surface area (Å²) in [5, 5.41) is 20.2. The number of benzene rings is 2. The van der Waals surface area contributed by atoms with Crippen molar-refractivity contribution < 1.29 is 24.2 Å². The van der Waals surface area contributed by atoms with E-state index < -0.39 is 17.7 Å². The lowest BCUT2D eigenvalue weighted by molar-refractivity contribution is -0.132. The van der Waals surface area contributed by atoms with Crippen LogP contribution in [0.1, 0.15) is 35.2 Å². The maximum absolute atomic E-state index is 13.6. The van der Waals surface area contributed by atoms with Crippen molar-refractivity contribution in [3.8, 4) is 11.5 Å². The van der Waals surface area contributed by atoms with Crippen LogP contribution in [0.2, 0.25) is 0 Å². The van der Waals surface area contributed by atoms with Crippen LogP contribution in [0.15, 0.2) is 89.6 Å². The van der Waals surface area contributed by atoms with Gasteiger partial charge in [-0.1, -0.05) is 71.6 Å². The third kappa shape index (κ3) is 6.07. The van der Waals surface area contributed by atoms with Gasteiger partial charge in [-0.05, 0) is 49.2 Å². The fourth-order valence-electron chi connectivity index (χ4n) is 4.43. The molecule has 1 saturated heterocycles. The van der Waals surface area contributed by atoms with Gasteiger partial charge in [0.05, 0.1) is 18.2 Å². The Morgan fingerprint density at radius 2 is 1.83 bits per heavy atom. The third-order valence-electron chi connectivity index (χ3n) is 6.42. The maximum atomic E-state index is 13.6. The first kappa shape index (κ1) is 29.0. The van der Waals surface area contributed by atoms with Gasteiger partial charge in [0.15, 0.2) is 15.8 Å². The molecule has 0 aliphatic carbocycles. The molecule has 42 heavy (non-hydrogen) atoms. The Bertz CT molecular complexity index is 1640. The molecule has 11 heteroatoms. The molecule has 0 radical (unpaired) electrons. The molecule has 214 valence electrons. The number of carbonyl (C=O) groups excluding carboxylic acids is 2. The van der Waals surface area contributed by atoms with E-state index in [1.165, 1.54) is 46.0 Å². The molecule has 1 amide bonds. The third-order valence-corrected chi connectivity index (χ3v) is 8.55. The fourth-order valence-corrected chi connectivity index (χ4v) is 6.25. The van der Waals surface area contributed by atoms with Crippen molar-refractivity contribution in [1.82, 2.24) is 15.2 Å². The average molecular weight is 601 g/mol. The Labute approximate surface area is 251 Å². The quantitative estimate of drug-likeness (QED) is 0.0543. The summed E-state index contributed by atoms with van der Waals surface area (Å²) in [7, 11) is 0. The van der Waals surface area contributed by atoms with E-state index >= 15 is 0 Å². The van der Waals surface area contributed by atoms with E-state index in [2.05, 4.69) is 33.9 Å². The number of ether oxygens (including phenoxy) is 2. The van der Waals surface area contributed by atoms with Gasteiger partial charge in [0.1, 0.15) is 12.4 Å². The number of anilines is 1. The van der Waals surface area contributed by atoms with Gasteiger partial charge >= 0.3 is 5.91 Å². The van der Waals surface area contributed by atoms with Crippen molar-refractivity contribution in [1.29, 1.82) is 0 Å². The summed E-state index contributed by atoms with van der Waals surface area (Å²) in [5.41, 5.74) is 3.12. The Morgan fingerprint density at radius 3 is 2.55 bits per heavy atom. The van der Waals surface area contributed by atoms with Crippen molar-refractivity contribution in [2.24, 2.45) is 0 Å². The molecular formula is C31H28N4O5S2. The number of nitrogens with zero attached hydrogens (tertiary/aromatic N) is 4. The van der Waals surface area contributed by atoms with Crippen molar-refractivity contribution >= 4 is 45.7 Å². The van der Waals surface area contributed by atoms with E-state index in [1.54, 1.807) is 36.4 Å². The second kappa shape index (κ2) is 13.0. The van der Waals surface area contributed by atoms with Gasteiger partial charge < -0.3 is 14.6 Å². The molecule has 0 saturated carbocycles. The summed E-state index contributed by atoms with van der Waals surface area (Å²) in [5.74, 6) is -0.375. The van der Waals surface area contributed by atoms with Crippen LogP contribution in [0.4, 0.5) is 5.13 Å². The second-order valence-electron chi connectivity index (χ2n) is 9.27. The lowest BCUT2D eigenvalue weighted by Gasteiger charge is -2.23. The molecule has 3 heterocycles. The normalized spacial score (nSPS) is 16.0. The van der Waals surface area contributed by atoms with Crippen LogP contribution in [-0.2, 0) is 15.3 Å². The van der Waals surface area contributed by atoms with Crippen LogP contribution in [-0.4, -0.2) is 45.2 Å². The van der Waals surface area contributed by atoms with Gasteiger partial charge in [0.2, 0.25) is 5.13 Å². The lowest BCUT2D eigenvalue weighted by atomic mass is 9.95. The van der Waals surface area contributed by atoms with Crippen LogP contribution in [0, 0.1) is 6.92 Å². The van der Waals surface area contributed by atoms with Crippen molar-refractivity contribution in [3.63, 3.8) is 0 Å². The molecule has 1 aliphatic heterocycles. The number of aliphatic hydroxyl groups is 1. The Morgan fingerprint density at radius 1 is 1.07 bits per heavy atom. The highest BCUT2D eigenvalue weighted by atomic mass is 32.2. The number of rotatable bonds is 11. The highest BCUT2D eigenvalue weighted by molar-refractivity contribution is 8.00. The molecule has 1 atom stereocenters. The van der Waals surface area contributed by atoms with Crippen LogP contribution >= 0.6 is 23.1 Å². The number of hydrogen-bond acceptors (Lipinski definition) is 10. The number of aliphatic hydroxyl groups excluding tert-OH is 1. The van der Waals surface area contributed by atoms with E-state index in [1.807, 2.05) is 26.0 Å². The fraction of sp³-hybridized carbons (Fsp3) is 0.194. The molecule has 2 aromatic carbocycles. The SMILES string of the molecule is C=CCOc1ccc(C2C(=C(O)c3ccncc3)C(=O)C(=O)N2c2nnc(SCc3ccc(C)cc3)s2)cc1OCC. The number of aryl methyl sites for hydroxylation is 1. The molecule has 0 spiro atoms. The van der Waals surface area contributed by atoms with E-state index in [0.717, 1.165) is 5.56 Å². The smallest absolute Gasteiger partial charge is 0.301 e. The number of pyridine rings is 1. The minimum absolute atomic E-state index is 0.0718. The summed E-state index contributed by atoms with van der Waals surface area (Å²) in [6.45, 7) is 8.20. The largest absolute Gasteiger partial charge is 0.507 e. The van der Waals surface area contributed by atoms with Crippen LogP contribution in [0.25, 0.3) is 5.76 Å². The van der Waals surface area contributed by atoms with Gasteiger partial charge in [-0.15, -0.1) is 10.2 Å². The first-order chi connectivity index (χ1) is 20.4. The summed E-state index contributed by atoms with van der Waals surface area (Å²) < 4.78 is 12.2. The van der Waals surface area contributed by atoms with Gasteiger partial charge in [-0.25, -0.2) is 0 Å². The number of hydrogen-bond donors (Lipinski definition) is 1. The molecule has 4 aromatic rings. The summed E-state index contributed by atoms with van der Waals surface area (Å²) in [4.78, 5) is 32.3. The van der Waals surface area contributed by atoms with E-state index in [-0.39, 0.29) is 23.1 Å². The standard InChI is InChI=1S/C31H28N4O5S2/c1-4-16-40-23-11-10-22(17-24(23)39-5-2)26-25(27(36)21-12-14-32-15-13-21)28(37)29(38)35(26)30-33-34-31(42-30)41-18-20-8-6-19(3)7-9-20/h4,6-15,17,26,36H,1,5,16,18H2,2-3H3. The second-order valence-corrected chi connectivity index (χ2v) is 11.4. The first-order valence-electron chi connectivity index (χ1n) is 13.1. The van der Waals surface area contributed by atoms with Crippen LogP contribution in [0.3, 0.4) is 0 Å². The number of thioether (sulfide) groups is 1. The summed E-state index contributed by atoms with van der Waals surface area (Å²) >= 11 is 2.70. The Balaban J connectivity index is 1.56. The number of ketones is 1. The van der Waals surface area contributed by atoms with Gasteiger partial charge in [0, 0.05) is 23.7 Å². The first-order valence-corrected chi connectivity index (χ1v) is 14.9. The Kier molecular flexibility index (Phi) is 8.99. The molecular weight excluding hydrogens is 572 g/mol. The average Bonchev–Trinajstić information content (AvgIpc) is 3.58. The number of amides is 1. The van der Waals surface area contributed by atoms with Crippen molar-refractivity contribution in [2.45, 2.75) is 30.0 Å². The number of aromatic nitrogens is 3. The summed E-state index contributed by atoms with van der Waals surface area (Å²) in [6.07, 6.45) is 4.62. The predicted molar refractivity (Wildman–Crippen MR) is 163 cm³/mol. The van der Waals surface area contributed by atoms with E-state index in [0.29, 0.717) is 39.3 Å². The molecule has 1 unspecified atom stereocenters. The lowest BCUT2D eigenvalue weighted by Crippen LogP contribution is -2.29. The van der Waals surface area contributed by atoms with Gasteiger partial charge in [0.25, 0.3) is 5.78 Å². The topological polar surface area (TPSA) is 115 Å². The molecule has 9 nitrogen and oxygen atoms in total. The molecule has 1 aliphatic rings. The molecule has 1 fully saturated rings. The van der Waals surface area contributed by atoms with Crippen molar-refractivity contribution in [3.05, 3.63) is 107 Å². The predicted octanol–water partition coefficient (Wildman–Crippen LogP) is 6.12. The minimum Gasteiger partial charge on any atom is -0.507 e. The highest BCUT2D eigenvalue weighted by Crippen LogP contribution is 2.45. The zero-order valence-electron chi connectivity index (χ0n) is 23.0. The maximum Gasteiger partial charge on any atom is 0.301 e. The monoisotopic (exact) mass is 600 g/mol. The molecule has 0 bridgehead atoms. The highest BCUT2D eigenvalue weighted by Gasteiger charge is 2.48. The van der Waals surface area contributed by atoms with Crippen molar-refractivity contribution in [2.75, 3.05) is 18.1 Å². The minimum atomic E-state index is -0.992. The van der Waals surface area contributed by atoms with Gasteiger partial charge in [-0.2, -0.15) is 0 Å². The van der Waals surface area contributed by atoms with Crippen LogP contribution in [0.5, 0.6) is 11.5 Å². The Hall–Kier alpha value is -4.48. The molecule has 5 rings (SSSR count). The van der Waals surface area contributed by atoms with Gasteiger partial charge in [-0.3, -0.25) is 19.5 Å². The summed E-state index contributed by atoms with van der Waals surface area (Å²) in [6, 6.07) is 15.5. The zero-order valence-corrected chi connectivity index (χ0v) is 24.7. The van der Waals surface area contributed by atoms with E-state index in [4.69, 9.17) is 9.47 Å². The molecule has 1 N–H and O–H groups in total. The number of Topliss-reactive ketones (excluding diaryl/α,β-unsaturated/α-hetero) is 1. The number of carbonyl (C=O) groups is 2.